The Bertz CT molecular complexity index is 711. The Labute approximate surface area is 231 Å². The third kappa shape index (κ3) is 27.4. The molecule has 0 radical (unpaired) electrons. The number of hydrogen-bond acceptors (Lipinski definition) is 5. The van der Waals surface area contributed by atoms with E-state index in [0.29, 0.717) is 53.2 Å². The molecule has 0 aliphatic heterocycles. The molecule has 8 nitrogen and oxygen atoms in total. The van der Waals surface area contributed by atoms with Gasteiger partial charge in [-0.1, -0.05) is 64.7 Å². The molecule has 0 saturated carbocycles. The summed E-state index contributed by atoms with van der Waals surface area (Å²) in [7, 11) is -1.43. The Morgan fingerprint density at radius 1 is 1.11 bits per heavy atom. The highest BCUT2D eigenvalue weighted by Gasteiger charge is 2.13. The van der Waals surface area contributed by atoms with Gasteiger partial charge < -0.3 is 26.5 Å². The van der Waals surface area contributed by atoms with Gasteiger partial charge in [0.2, 0.25) is 0 Å². The van der Waals surface area contributed by atoms with Crippen LogP contribution in [0.25, 0.3) is 0 Å². The van der Waals surface area contributed by atoms with E-state index in [1.807, 2.05) is 34.6 Å². The number of nitrogens with two attached hydrogens (primary N) is 2. The minimum absolute atomic E-state index is 0.00913. The number of nitrogens with one attached hydrogen (secondary N) is 2. The minimum Gasteiger partial charge on any atom is -0.336 e. The van der Waals surface area contributed by atoms with E-state index in [2.05, 4.69) is 30.8 Å². The normalized spacial score (nSPS) is 10.9. The third-order valence-electron chi connectivity index (χ3n) is 3.18. The number of unbranched alkanes of at least 4 members (excludes halogenated alkanes) is 1. The topological polar surface area (TPSA) is 131 Å². The van der Waals surface area contributed by atoms with Crippen molar-refractivity contribution in [2.75, 3.05) is 26.2 Å². The van der Waals surface area contributed by atoms with E-state index in [-0.39, 0.29) is 18.6 Å². The van der Waals surface area contributed by atoms with E-state index in [4.69, 9.17) is 34.7 Å². The number of hydrogen-bond donors (Lipinski definition) is 4. The number of urea groups is 1. The van der Waals surface area contributed by atoms with Crippen molar-refractivity contribution in [3.63, 3.8) is 0 Å². The number of halogens is 2. The lowest BCUT2D eigenvalue weighted by Crippen LogP contribution is -2.44. The number of amides is 2. The lowest BCUT2D eigenvalue weighted by atomic mass is 10.3. The Morgan fingerprint density at radius 2 is 1.61 bits per heavy atom. The van der Waals surface area contributed by atoms with Crippen molar-refractivity contribution < 1.29 is 13.8 Å². The fraction of sp³-hybridized carbons (Fsp3) is 0.680. The molecule has 1 aromatic rings. The second kappa shape index (κ2) is 25.4. The average molecular weight is 571 g/mol. The lowest BCUT2D eigenvalue weighted by Gasteiger charge is -2.22. The molecule has 1 aromatic carbocycles. The highest BCUT2D eigenvalue weighted by molar-refractivity contribution is 7.83. The van der Waals surface area contributed by atoms with Crippen molar-refractivity contribution in [1.82, 2.24) is 14.9 Å². The van der Waals surface area contributed by atoms with Crippen LogP contribution in [0.3, 0.4) is 0 Å². The predicted octanol–water partition coefficient (Wildman–Crippen LogP) is 4.99. The minimum atomic E-state index is -1.43. The quantitative estimate of drug-likeness (QED) is 0.233. The van der Waals surface area contributed by atoms with Crippen molar-refractivity contribution >= 4 is 46.5 Å². The van der Waals surface area contributed by atoms with Gasteiger partial charge in [0.25, 0.3) is 0 Å². The van der Waals surface area contributed by atoms with Crippen LogP contribution in [0.4, 0.5) is 4.79 Å². The van der Waals surface area contributed by atoms with Gasteiger partial charge in [-0.25, -0.2) is 13.7 Å². The molecular weight excluding hydrogens is 521 g/mol. The predicted molar refractivity (Wildman–Crippen MR) is 156 cm³/mol. The van der Waals surface area contributed by atoms with E-state index in [0.717, 1.165) is 12.5 Å². The maximum absolute atomic E-state index is 12.2. The molecule has 0 aromatic heterocycles. The number of benzene rings is 1. The van der Waals surface area contributed by atoms with Gasteiger partial charge in [0.05, 0.1) is 16.5 Å². The summed E-state index contributed by atoms with van der Waals surface area (Å²) in [5.74, 6) is 0.833. The van der Waals surface area contributed by atoms with Crippen LogP contribution < -0.4 is 21.5 Å². The van der Waals surface area contributed by atoms with Crippen LogP contribution in [-0.2, 0) is 15.8 Å². The zero-order valence-electron chi connectivity index (χ0n) is 23.3. The van der Waals surface area contributed by atoms with E-state index in [1.165, 1.54) is 4.90 Å². The zero-order valence-corrected chi connectivity index (χ0v) is 25.6. The molecule has 212 valence electrons. The molecule has 1 unspecified atom stereocenters. The van der Waals surface area contributed by atoms with Gasteiger partial charge in [-0.2, -0.15) is 0 Å². The van der Waals surface area contributed by atoms with E-state index < -0.39 is 11.0 Å². The number of carbonyl (C=O) groups excluding carboxylic acids is 2. The van der Waals surface area contributed by atoms with Gasteiger partial charge in [-0.3, -0.25) is 0 Å². The summed E-state index contributed by atoms with van der Waals surface area (Å²) >= 11 is 11.8. The molecule has 1 atom stereocenters. The Kier molecular flexibility index (Phi) is 27.7. The van der Waals surface area contributed by atoms with Gasteiger partial charge >= 0.3 is 6.03 Å². The second-order valence-corrected chi connectivity index (χ2v) is 11.2. The molecule has 1 rings (SSSR count). The molecule has 36 heavy (non-hydrogen) atoms. The van der Waals surface area contributed by atoms with Crippen molar-refractivity contribution in [3.05, 3.63) is 28.2 Å². The number of carbonyl (C=O) groups is 2. The first-order chi connectivity index (χ1) is 16.7. The highest BCUT2D eigenvalue weighted by atomic mass is 35.5. The molecule has 0 saturated heterocycles. The standard InChI is InChI=1S/C16H23Cl2N3O3S.C4H10.C3H9N.C2H7N/c1-12(2)20-16(23)21(9-10-22)8-4-3-7-19-25(24)15-6-5-13(17)11-14(15)18;1-4(2)3;1-3(2)4;1-2-3/h5-6,10-12,19H,3-4,7-9H2,1-2H3,(H,20,23);4H,1-3H3;3H,4H2,1-2H3;2-3H2,1H3. The van der Waals surface area contributed by atoms with Crippen molar-refractivity contribution in [1.29, 1.82) is 0 Å². The molecule has 0 heterocycles. The molecule has 6 N–H and O–H groups in total. The average Bonchev–Trinajstić information content (AvgIpc) is 2.71. The maximum Gasteiger partial charge on any atom is 0.317 e. The molecule has 0 aliphatic carbocycles. The van der Waals surface area contributed by atoms with Crippen LogP contribution in [0.1, 0.15) is 68.2 Å². The Balaban J connectivity index is -0.000000832. The first-order valence-corrected chi connectivity index (χ1v) is 14.2. The van der Waals surface area contributed by atoms with Crippen LogP contribution in [0.5, 0.6) is 0 Å². The SMILES string of the molecule is CC(C)C.CC(C)N.CC(C)NC(=O)N(CC=O)CCCCNS(=O)c1ccc(Cl)cc1Cl.CCN. The molecule has 0 bridgehead atoms. The summed E-state index contributed by atoms with van der Waals surface area (Å²) in [4.78, 5) is 24.6. The Hall–Kier alpha value is -1.23. The summed E-state index contributed by atoms with van der Waals surface area (Å²) in [6, 6.07) is 4.88. The second-order valence-electron chi connectivity index (χ2n) is 9.05. The monoisotopic (exact) mass is 569 g/mol. The van der Waals surface area contributed by atoms with E-state index in [1.54, 1.807) is 18.2 Å². The van der Waals surface area contributed by atoms with Gasteiger partial charge in [-0.15, -0.1) is 0 Å². The first kappa shape index (κ1) is 39.3. The Morgan fingerprint density at radius 3 is 2.03 bits per heavy atom. The lowest BCUT2D eigenvalue weighted by molar-refractivity contribution is -0.108. The van der Waals surface area contributed by atoms with Crippen LogP contribution in [0.2, 0.25) is 10.0 Å². The van der Waals surface area contributed by atoms with Crippen LogP contribution in [-0.4, -0.2) is 59.7 Å². The number of aldehydes is 1. The van der Waals surface area contributed by atoms with Gasteiger partial charge in [0.15, 0.2) is 0 Å². The van der Waals surface area contributed by atoms with Gasteiger partial charge in [-0.05, 0) is 63.4 Å². The zero-order chi connectivity index (χ0) is 28.7. The first-order valence-electron chi connectivity index (χ1n) is 12.3. The van der Waals surface area contributed by atoms with E-state index >= 15 is 0 Å². The largest absolute Gasteiger partial charge is 0.336 e. The molecular formula is C25H49Cl2N5O3S. The summed E-state index contributed by atoms with van der Waals surface area (Å²) in [5, 5.41) is 3.59. The summed E-state index contributed by atoms with van der Waals surface area (Å²) < 4.78 is 15.0. The van der Waals surface area contributed by atoms with Crippen molar-refractivity contribution in [2.24, 2.45) is 17.4 Å². The molecule has 11 heteroatoms. The fourth-order valence-corrected chi connectivity index (χ4v) is 3.53. The van der Waals surface area contributed by atoms with Crippen LogP contribution in [0, 0.1) is 5.92 Å². The number of rotatable bonds is 10. The smallest absolute Gasteiger partial charge is 0.317 e. The number of nitrogens with zero attached hydrogens (tertiary/aromatic N) is 1. The summed E-state index contributed by atoms with van der Waals surface area (Å²) in [6.07, 6.45) is 2.08. The van der Waals surface area contributed by atoms with Gasteiger partial charge in [0.1, 0.15) is 17.3 Å². The summed E-state index contributed by atoms with van der Waals surface area (Å²) in [5.41, 5.74) is 9.96. The molecule has 2 amide bonds. The van der Waals surface area contributed by atoms with E-state index in [9.17, 15) is 13.8 Å². The third-order valence-corrected chi connectivity index (χ3v) is 5.06. The van der Waals surface area contributed by atoms with Crippen molar-refractivity contribution in [2.45, 2.75) is 85.2 Å². The fourth-order valence-electron chi connectivity index (χ4n) is 2.00. The molecule has 0 aliphatic rings. The maximum atomic E-state index is 12.2. The van der Waals surface area contributed by atoms with Gasteiger partial charge in [0, 0.05) is 24.2 Å². The van der Waals surface area contributed by atoms with Crippen LogP contribution >= 0.6 is 23.2 Å². The summed E-state index contributed by atoms with van der Waals surface area (Å²) in [6.45, 7) is 17.8. The molecule has 0 spiro atoms. The molecule has 0 fully saturated rings. The van der Waals surface area contributed by atoms with Crippen LogP contribution in [0.15, 0.2) is 23.1 Å². The highest BCUT2D eigenvalue weighted by Crippen LogP contribution is 2.23. The van der Waals surface area contributed by atoms with Crippen molar-refractivity contribution in [3.8, 4) is 0 Å².